The topological polar surface area (TPSA) is 15.7 Å². The van der Waals surface area contributed by atoms with Crippen LogP contribution in [0.3, 0.4) is 0 Å². The molecule has 0 aliphatic rings. The Bertz CT molecular complexity index is 3390. The highest BCUT2D eigenvalue weighted by atomic mass is 16.5. The van der Waals surface area contributed by atoms with Crippen LogP contribution in [-0.2, 0) is 0 Å². The van der Waals surface area contributed by atoms with Gasteiger partial charge >= 0.3 is 0 Å². The van der Waals surface area contributed by atoms with Crippen molar-refractivity contribution in [3.05, 3.63) is 316 Å². The van der Waals surface area contributed by atoms with Gasteiger partial charge in [0.15, 0.2) is 0 Å². The Labute approximate surface area is 432 Å². The predicted octanol–water partition coefficient (Wildman–Crippen LogP) is 18.9. The summed E-state index contributed by atoms with van der Waals surface area (Å²) in [4.78, 5) is 4.67. The van der Waals surface area contributed by atoms with E-state index in [2.05, 4.69) is 304 Å². The van der Waals surface area contributed by atoms with Gasteiger partial charge in [-0.25, -0.2) is 0 Å². The zero-order valence-electron chi connectivity index (χ0n) is 42.3. The minimum Gasteiger partial charge on any atom is -0.496 e. The highest BCUT2D eigenvalue weighted by Crippen LogP contribution is 2.41. The lowest BCUT2D eigenvalue weighted by molar-refractivity contribution is 0.414. The van der Waals surface area contributed by atoms with Crippen LogP contribution in [0.5, 0.6) is 5.75 Å². The van der Waals surface area contributed by atoms with Crippen molar-refractivity contribution in [2.45, 2.75) is 33.6 Å². The van der Waals surface area contributed by atoms with Gasteiger partial charge in [0.2, 0.25) is 0 Å². The number of aryl methyl sites for hydroxylation is 3. The molecule has 73 heavy (non-hydrogen) atoms. The molecule has 0 aromatic heterocycles. The van der Waals surface area contributed by atoms with Crippen molar-refractivity contribution in [1.29, 1.82) is 0 Å². The molecular weight excluding hydrogens is 885 g/mol. The number of anilines is 6. The molecule has 0 heterocycles. The summed E-state index contributed by atoms with van der Waals surface area (Å²) in [6.45, 7) is 8.78. The maximum absolute atomic E-state index is 6.15. The fourth-order valence-corrected chi connectivity index (χ4v) is 9.67. The number of hydrogen-bond acceptors (Lipinski definition) is 3. The lowest BCUT2D eigenvalue weighted by Crippen LogP contribution is -2.11. The number of nitrogens with zero attached hydrogens (tertiary/aromatic N) is 2. The van der Waals surface area contributed by atoms with Crippen LogP contribution in [0.4, 0.5) is 34.1 Å². The van der Waals surface area contributed by atoms with Crippen molar-refractivity contribution >= 4 is 57.4 Å². The Balaban J connectivity index is 0.940. The van der Waals surface area contributed by atoms with Crippen molar-refractivity contribution < 1.29 is 4.74 Å². The number of ether oxygens (including phenoxy) is 1. The van der Waals surface area contributed by atoms with E-state index in [9.17, 15) is 0 Å². The third-order valence-corrected chi connectivity index (χ3v) is 13.8. The molecule has 3 nitrogen and oxygen atoms in total. The van der Waals surface area contributed by atoms with E-state index in [1.165, 1.54) is 50.1 Å². The molecule has 0 aliphatic carbocycles. The van der Waals surface area contributed by atoms with E-state index >= 15 is 0 Å². The summed E-state index contributed by atoms with van der Waals surface area (Å²) in [6, 6.07) is 91.4. The second kappa shape index (κ2) is 22.0. The Morgan fingerprint density at radius 3 is 1.03 bits per heavy atom. The van der Waals surface area contributed by atoms with Gasteiger partial charge in [-0.15, -0.1) is 0 Å². The van der Waals surface area contributed by atoms with Gasteiger partial charge in [-0.1, -0.05) is 194 Å². The number of methoxy groups -OCH3 is 1. The Morgan fingerprint density at radius 1 is 0.356 bits per heavy atom. The minimum atomic E-state index is 0.162. The monoisotopic (exact) mass is 944 g/mol. The fraction of sp³-hybridized carbons (Fsp3) is 0.0857. The maximum atomic E-state index is 6.15. The Hall–Kier alpha value is -8.92. The van der Waals surface area contributed by atoms with E-state index in [1.54, 1.807) is 7.11 Å². The molecule has 0 bridgehead atoms. The number of benzene rings is 10. The van der Waals surface area contributed by atoms with E-state index in [-0.39, 0.29) is 5.92 Å². The van der Waals surface area contributed by atoms with E-state index in [0.29, 0.717) is 0 Å². The molecule has 0 spiro atoms. The van der Waals surface area contributed by atoms with Crippen LogP contribution in [0.2, 0.25) is 0 Å². The van der Waals surface area contributed by atoms with E-state index in [1.807, 2.05) is 0 Å². The zero-order valence-corrected chi connectivity index (χ0v) is 42.3. The molecule has 0 amide bonds. The van der Waals surface area contributed by atoms with Gasteiger partial charge in [0.25, 0.3) is 0 Å². The van der Waals surface area contributed by atoms with Crippen LogP contribution in [0, 0.1) is 20.8 Å². The third kappa shape index (κ3) is 10.9. The lowest BCUT2D eigenvalue weighted by Gasteiger charge is -2.27. The van der Waals surface area contributed by atoms with Gasteiger partial charge in [-0.05, 0) is 161 Å². The van der Waals surface area contributed by atoms with Gasteiger partial charge in [-0.3, -0.25) is 0 Å². The lowest BCUT2D eigenvalue weighted by atomic mass is 9.92. The molecule has 0 saturated carbocycles. The first-order valence-electron chi connectivity index (χ1n) is 25.2. The van der Waals surface area contributed by atoms with Crippen LogP contribution >= 0.6 is 0 Å². The second-order valence-electron chi connectivity index (χ2n) is 18.8. The quantitative estimate of drug-likeness (QED) is 0.0953. The molecular formula is C70H60N2O. The third-order valence-electron chi connectivity index (χ3n) is 13.8. The van der Waals surface area contributed by atoms with E-state index < -0.39 is 0 Å². The van der Waals surface area contributed by atoms with Crippen molar-refractivity contribution in [1.82, 2.24) is 0 Å². The molecule has 0 N–H and O–H groups in total. The van der Waals surface area contributed by atoms with Crippen molar-refractivity contribution in [2.24, 2.45) is 0 Å². The summed E-state index contributed by atoms with van der Waals surface area (Å²) in [5.74, 6) is 0.962. The first kappa shape index (κ1) is 47.7. The second-order valence-corrected chi connectivity index (χ2v) is 18.8. The maximum Gasteiger partial charge on any atom is 0.128 e. The van der Waals surface area contributed by atoms with Gasteiger partial charge in [0.1, 0.15) is 5.75 Å². The van der Waals surface area contributed by atoms with Crippen molar-refractivity contribution in [3.63, 3.8) is 0 Å². The molecule has 1 unspecified atom stereocenters. The molecule has 0 aliphatic heterocycles. The highest BCUT2D eigenvalue weighted by molar-refractivity contribution is 5.94. The summed E-state index contributed by atoms with van der Waals surface area (Å²) in [7, 11) is 1.76. The van der Waals surface area contributed by atoms with Crippen molar-refractivity contribution in [3.8, 4) is 5.75 Å². The van der Waals surface area contributed by atoms with Gasteiger partial charge in [0, 0.05) is 51.7 Å². The minimum absolute atomic E-state index is 0.162. The molecule has 10 aromatic rings. The van der Waals surface area contributed by atoms with Gasteiger partial charge in [-0.2, -0.15) is 0 Å². The van der Waals surface area contributed by atoms with E-state index in [4.69, 9.17) is 4.74 Å². The van der Waals surface area contributed by atoms with Crippen LogP contribution in [-0.4, -0.2) is 7.11 Å². The standard InChI is InChI=1S/C70H60N2O/c1-50-26-36-62(37-27-50)71(66-44-34-60(52(3)46-66)47-68(56-18-10-6-11-19-56)57-20-12-7-13-21-57)64-40-30-54(31-41-64)53(4)55-32-42-65(43-33-55)72(63-38-28-51(2)29-39-63)67-45-35-61(70(49-67)73-5)48-69(58-22-14-8-15-23-58)59-24-16-9-17-25-59/h6-49,53H,1-5H3. The van der Waals surface area contributed by atoms with Crippen LogP contribution in [0.25, 0.3) is 23.3 Å². The van der Waals surface area contributed by atoms with Crippen LogP contribution < -0.4 is 14.5 Å². The molecule has 1 atom stereocenters. The smallest absolute Gasteiger partial charge is 0.128 e. The van der Waals surface area contributed by atoms with Crippen LogP contribution in [0.15, 0.2) is 255 Å². The van der Waals surface area contributed by atoms with Gasteiger partial charge in [0.05, 0.1) is 7.11 Å². The zero-order chi connectivity index (χ0) is 50.1. The molecule has 3 heteroatoms. The molecule has 0 radical (unpaired) electrons. The van der Waals surface area contributed by atoms with Crippen molar-refractivity contribution in [2.75, 3.05) is 16.9 Å². The summed E-state index contributed by atoms with van der Waals surface area (Å²) in [5, 5.41) is 0. The summed E-state index contributed by atoms with van der Waals surface area (Å²) in [6.07, 6.45) is 4.56. The average Bonchev–Trinajstić information content (AvgIpc) is 3.44. The SMILES string of the molecule is COc1cc(N(c2ccc(C)cc2)c2ccc(C(C)c3ccc(N(c4ccc(C)cc4)c4ccc(C=C(c5ccccc5)c5ccccc5)c(C)c4)cc3)cc2)ccc1C=C(c1ccccc1)c1ccccc1. The summed E-state index contributed by atoms with van der Waals surface area (Å²) in [5.41, 5.74) is 21.9. The Morgan fingerprint density at radius 2 is 0.671 bits per heavy atom. The molecule has 10 aromatic carbocycles. The predicted molar refractivity (Wildman–Crippen MR) is 310 cm³/mol. The molecule has 356 valence electrons. The summed E-state index contributed by atoms with van der Waals surface area (Å²) < 4.78 is 6.15. The number of rotatable bonds is 15. The molecule has 0 fully saturated rings. The largest absolute Gasteiger partial charge is 0.496 e. The fourth-order valence-electron chi connectivity index (χ4n) is 9.67. The average molecular weight is 945 g/mol. The first-order chi connectivity index (χ1) is 35.8. The highest BCUT2D eigenvalue weighted by Gasteiger charge is 2.19. The van der Waals surface area contributed by atoms with E-state index in [0.717, 1.165) is 62.1 Å². The Kier molecular flexibility index (Phi) is 14.4. The molecule has 10 rings (SSSR count). The van der Waals surface area contributed by atoms with Crippen LogP contribution in [0.1, 0.15) is 74.0 Å². The first-order valence-corrected chi connectivity index (χ1v) is 25.2. The number of hydrogen-bond donors (Lipinski definition) is 0. The molecule has 0 saturated heterocycles. The summed E-state index contributed by atoms with van der Waals surface area (Å²) >= 11 is 0. The normalized spacial score (nSPS) is 11.3. The van der Waals surface area contributed by atoms with Gasteiger partial charge < -0.3 is 14.5 Å².